The number of allylic oxidation sites excluding steroid dienone is 6. The van der Waals surface area contributed by atoms with Gasteiger partial charge in [0.15, 0.2) is 19.0 Å². The molecule has 2 aliphatic heterocycles. The van der Waals surface area contributed by atoms with Crippen LogP contribution in [0, 0.1) is 12.8 Å². The number of ketones is 2. The number of hydrogen-bond acceptors (Lipinski definition) is 13. The summed E-state index contributed by atoms with van der Waals surface area (Å²) in [7, 11) is 0. The van der Waals surface area contributed by atoms with E-state index in [2.05, 4.69) is 50.5 Å². The molecular formula is C53H56Cl2N2O11S2. The van der Waals surface area contributed by atoms with Gasteiger partial charge in [-0.05, 0) is 106 Å². The van der Waals surface area contributed by atoms with Crippen molar-refractivity contribution in [1.29, 1.82) is 0 Å². The number of nitrogens with one attached hydrogen (secondary N) is 2. The second-order valence-corrected chi connectivity index (χ2v) is 17.0. The molecule has 70 heavy (non-hydrogen) atoms. The van der Waals surface area contributed by atoms with Crippen LogP contribution in [0.5, 0.6) is 11.5 Å². The summed E-state index contributed by atoms with van der Waals surface area (Å²) in [6.07, 6.45) is 16.2. The fraction of sp³-hybridized carbons (Fsp3) is 0.208. The Bertz CT molecular complexity index is 2410. The van der Waals surface area contributed by atoms with Crippen molar-refractivity contribution in [2.24, 2.45) is 0 Å². The minimum Gasteiger partial charge on any atom is -0.499 e. The van der Waals surface area contributed by atoms with Crippen molar-refractivity contribution in [1.82, 2.24) is 10.6 Å². The van der Waals surface area contributed by atoms with E-state index in [9.17, 15) is 28.8 Å². The van der Waals surface area contributed by atoms with Crippen LogP contribution < -0.4 is 20.1 Å². The Morgan fingerprint density at radius 2 is 1.11 bits per heavy atom. The number of amides is 4. The molecule has 370 valence electrons. The number of carbonyl (C=O) groups is 8. The fourth-order valence-electron chi connectivity index (χ4n) is 5.29. The minimum absolute atomic E-state index is 0.0882. The Labute approximate surface area is 428 Å². The molecule has 0 spiro atoms. The zero-order valence-corrected chi connectivity index (χ0v) is 42.4. The first kappa shape index (κ1) is 63.0. The number of terminal acetylenes is 1. The van der Waals surface area contributed by atoms with Gasteiger partial charge in [-0.2, -0.15) is 0 Å². The lowest BCUT2D eigenvalue weighted by atomic mass is 10.1. The number of hydrogen-bond donors (Lipinski definition) is 2. The van der Waals surface area contributed by atoms with Crippen molar-refractivity contribution in [3.05, 3.63) is 178 Å². The normalized spacial score (nSPS) is 13.9. The summed E-state index contributed by atoms with van der Waals surface area (Å²) in [4.78, 5) is 85.7. The second-order valence-electron chi connectivity index (χ2n) is 13.8. The maximum Gasteiger partial charge on any atom is 0.286 e. The molecule has 2 aliphatic rings. The van der Waals surface area contributed by atoms with Crippen molar-refractivity contribution in [2.45, 2.75) is 51.0 Å². The zero-order valence-electron chi connectivity index (χ0n) is 39.3. The van der Waals surface area contributed by atoms with Crippen LogP contribution in [0.25, 0.3) is 0 Å². The summed E-state index contributed by atoms with van der Waals surface area (Å²) in [5, 5.41) is 4.00. The molecule has 2 saturated heterocycles. The van der Waals surface area contributed by atoms with E-state index >= 15 is 0 Å². The van der Waals surface area contributed by atoms with Crippen molar-refractivity contribution >= 4 is 94.2 Å². The highest BCUT2D eigenvalue weighted by atomic mass is 35.5. The first-order chi connectivity index (χ1) is 33.6. The van der Waals surface area contributed by atoms with Gasteiger partial charge in [0.25, 0.3) is 10.5 Å². The maximum atomic E-state index is 12.1. The Kier molecular flexibility index (Phi) is 33.3. The van der Waals surface area contributed by atoms with E-state index in [0.717, 1.165) is 47.0 Å². The van der Waals surface area contributed by atoms with Crippen LogP contribution in [0.15, 0.2) is 146 Å². The summed E-state index contributed by atoms with van der Waals surface area (Å²) < 4.78 is 16.2. The summed E-state index contributed by atoms with van der Waals surface area (Å²) in [6.45, 7) is 19.3. The molecule has 2 fully saturated rings. The molecular weight excluding hydrogens is 976 g/mol. The van der Waals surface area contributed by atoms with Crippen molar-refractivity contribution < 1.29 is 52.6 Å². The van der Waals surface area contributed by atoms with Crippen LogP contribution in [-0.4, -0.2) is 77.8 Å². The number of ether oxygens (including phenoxy) is 3. The van der Waals surface area contributed by atoms with E-state index in [1.165, 1.54) is 5.57 Å². The molecule has 0 saturated carbocycles. The molecule has 6 rings (SSSR count). The third-order valence-electron chi connectivity index (χ3n) is 8.47. The van der Waals surface area contributed by atoms with Gasteiger partial charge in [-0.25, -0.2) is 0 Å². The van der Waals surface area contributed by atoms with Crippen LogP contribution >= 0.6 is 46.7 Å². The van der Waals surface area contributed by atoms with Crippen molar-refractivity contribution in [3.63, 3.8) is 0 Å². The molecule has 4 aromatic rings. The van der Waals surface area contributed by atoms with E-state index in [4.69, 9.17) is 47.0 Å². The van der Waals surface area contributed by atoms with Gasteiger partial charge in [-0.3, -0.25) is 39.4 Å². The fourth-order valence-corrected chi connectivity index (χ4v) is 7.45. The molecule has 2 N–H and O–H groups in total. The molecule has 0 aromatic heterocycles. The van der Waals surface area contributed by atoms with Crippen molar-refractivity contribution in [2.75, 3.05) is 19.8 Å². The lowest BCUT2D eigenvalue weighted by molar-refractivity contribution is -0.119. The van der Waals surface area contributed by atoms with Crippen LogP contribution in [0.3, 0.4) is 0 Å². The van der Waals surface area contributed by atoms with Crippen molar-refractivity contribution in [3.8, 4) is 24.3 Å². The van der Waals surface area contributed by atoms with Gasteiger partial charge in [-0.1, -0.05) is 132 Å². The number of carbonyl (C=O) groups excluding carboxylic acids is 8. The van der Waals surface area contributed by atoms with Crippen LogP contribution in [-0.2, 0) is 36.8 Å². The predicted molar refractivity (Wildman–Crippen MR) is 282 cm³/mol. The Balaban J connectivity index is 0.000000993. The Morgan fingerprint density at radius 1 is 0.657 bits per heavy atom. The van der Waals surface area contributed by atoms with Gasteiger partial charge in [-0.15, -0.1) is 12.8 Å². The lowest BCUT2D eigenvalue weighted by Crippen LogP contribution is -2.25. The van der Waals surface area contributed by atoms with E-state index < -0.39 is 10.5 Å². The number of halogens is 2. The number of rotatable bonds is 16. The summed E-state index contributed by atoms with van der Waals surface area (Å²) in [6, 6.07) is 27.7. The van der Waals surface area contributed by atoms with Gasteiger partial charge in [0.1, 0.15) is 25.1 Å². The highest BCUT2D eigenvalue weighted by molar-refractivity contribution is 8.15. The standard InChI is InChI=1S/2C18H14ClNO4S.C9H16O.C4H6.C2H2.2CH2O/c19-13-3-1-2-12(9-13)15(21)10-24-14-6-4-11(5-7-14)8-16-17(22)20-18(23)25-16;19-14-4-2-1-3-13(14)15(21)10-24-12-7-5-11(6-8-12)9-16-17(22)20-18(23)25-16;1-5-10-9(4)7-6-8(2)3;1-3-4-2;3*1-2/h1-7,9,16H,8,10H2,(H,20,22,23);1-8,16H,9-10H2,(H,20,22,23);6-7H,5H2,1-4H3;3-4H,1-2H2;1-2H;2*1H2/b;;9-7+;;;;/t2*16-;;;;;/m10...../s1. The second kappa shape index (κ2) is 37.0. The highest BCUT2D eigenvalue weighted by Gasteiger charge is 2.32. The summed E-state index contributed by atoms with van der Waals surface area (Å²) in [5.41, 5.74) is 4.04. The highest BCUT2D eigenvalue weighted by Crippen LogP contribution is 2.26. The smallest absolute Gasteiger partial charge is 0.286 e. The topological polar surface area (TPSA) is 188 Å². The molecule has 4 amide bonds. The number of Topliss-reactive ketones (excluding diaryl/α,β-unsaturated/α-hetero) is 2. The molecule has 13 nitrogen and oxygen atoms in total. The van der Waals surface area contributed by atoms with Gasteiger partial charge in [0.05, 0.1) is 27.9 Å². The molecule has 0 aliphatic carbocycles. The molecule has 17 heteroatoms. The molecule has 2 heterocycles. The van der Waals surface area contributed by atoms with E-state index in [0.29, 0.717) is 45.5 Å². The Morgan fingerprint density at radius 3 is 1.50 bits per heavy atom. The SMILES string of the molecule is C#C.C=CC=C.C=O.C=O.CCO/C(C)=C/C=C(C)C.O=C1NC(=O)[C@@H](Cc2ccc(OCC(=O)c3cccc(Cl)c3)cc2)S1.O=C1NC(=O)[C@H](Cc2ccc(OCC(=O)c3ccccc3Cl)cc2)S1. The van der Waals surface area contributed by atoms with E-state index in [1.54, 1.807) is 84.9 Å². The zero-order chi connectivity index (χ0) is 53.0. The first-order valence-corrected chi connectivity index (χ1v) is 23.3. The Hall–Kier alpha value is -6.96. The monoisotopic (exact) mass is 1030 g/mol. The average Bonchev–Trinajstić information content (AvgIpc) is 3.87. The van der Waals surface area contributed by atoms with E-state index in [-0.39, 0.29) is 47.1 Å². The molecule has 0 unspecified atom stereocenters. The lowest BCUT2D eigenvalue weighted by Gasteiger charge is -2.09. The van der Waals surface area contributed by atoms with Gasteiger partial charge >= 0.3 is 0 Å². The number of benzene rings is 4. The molecule has 2 atom stereocenters. The number of imide groups is 2. The first-order valence-electron chi connectivity index (χ1n) is 20.7. The minimum atomic E-state index is -0.402. The quantitative estimate of drug-likeness (QED) is 0.0467. The predicted octanol–water partition coefficient (Wildman–Crippen LogP) is 11.1. The maximum absolute atomic E-state index is 12.1. The molecule has 4 aromatic carbocycles. The average molecular weight is 1030 g/mol. The third kappa shape index (κ3) is 25.4. The summed E-state index contributed by atoms with van der Waals surface area (Å²) in [5.74, 6) is 1.19. The molecule has 0 radical (unpaired) electrons. The van der Waals surface area contributed by atoms with Gasteiger partial charge < -0.3 is 23.8 Å². The summed E-state index contributed by atoms with van der Waals surface area (Å²) >= 11 is 13.9. The van der Waals surface area contributed by atoms with Crippen LogP contribution in [0.2, 0.25) is 10.0 Å². The van der Waals surface area contributed by atoms with Gasteiger partial charge in [0, 0.05) is 16.1 Å². The van der Waals surface area contributed by atoms with Crippen LogP contribution in [0.4, 0.5) is 9.59 Å². The van der Waals surface area contributed by atoms with Gasteiger partial charge in [0.2, 0.25) is 17.6 Å². The van der Waals surface area contributed by atoms with E-state index in [1.807, 2.05) is 63.8 Å². The number of thioether (sulfide) groups is 2. The molecule has 0 bridgehead atoms. The largest absolute Gasteiger partial charge is 0.499 e. The van der Waals surface area contributed by atoms with Crippen LogP contribution in [0.1, 0.15) is 59.5 Å². The third-order valence-corrected chi connectivity index (χ3v) is 11.0.